The van der Waals surface area contributed by atoms with Crippen molar-refractivity contribution in [2.24, 2.45) is 10.7 Å². The predicted octanol–water partition coefficient (Wildman–Crippen LogP) is 3.92. The molecule has 0 aliphatic rings. The molecule has 0 saturated heterocycles. The molecule has 5 nitrogen and oxygen atoms in total. The summed E-state index contributed by atoms with van der Waals surface area (Å²) in [4.78, 5) is 13.6. The molecule has 4 rings (SSSR count). The van der Waals surface area contributed by atoms with Crippen molar-refractivity contribution < 1.29 is 0 Å². The first-order chi connectivity index (χ1) is 12.7. The van der Waals surface area contributed by atoms with Crippen molar-refractivity contribution >= 4 is 28.1 Å². The zero-order valence-corrected chi connectivity index (χ0v) is 14.0. The molecule has 126 valence electrons. The number of nitrogens with two attached hydrogens (primary N) is 2. The van der Waals surface area contributed by atoms with E-state index in [9.17, 15) is 0 Å². The van der Waals surface area contributed by atoms with E-state index in [-0.39, 0.29) is 5.84 Å². The predicted molar refractivity (Wildman–Crippen MR) is 106 cm³/mol. The van der Waals surface area contributed by atoms with Crippen LogP contribution in [0, 0.1) is 0 Å². The van der Waals surface area contributed by atoms with E-state index < -0.39 is 0 Å². The van der Waals surface area contributed by atoms with Crippen molar-refractivity contribution in [1.82, 2.24) is 9.97 Å². The van der Waals surface area contributed by atoms with Gasteiger partial charge in [-0.15, -0.1) is 0 Å². The highest BCUT2D eigenvalue weighted by molar-refractivity contribution is 6.04. The van der Waals surface area contributed by atoms with E-state index in [0.29, 0.717) is 11.4 Å². The maximum absolute atomic E-state index is 6.19. The fourth-order valence-corrected chi connectivity index (χ4v) is 2.82. The van der Waals surface area contributed by atoms with Gasteiger partial charge in [-0.3, -0.25) is 4.98 Å². The van der Waals surface area contributed by atoms with Crippen molar-refractivity contribution in [3.63, 3.8) is 0 Å². The number of hydrogen-bond donors (Lipinski definition) is 2. The number of nitrogens with zero attached hydrogens (tertiary/aromatic N) is 3. The molecule has 0 aliphatic carbocycles. The third kappa shape index (κ3) is 2.98. The zero-order valence-electron chi connectivity index (χ0n) is 14.0. The average Bonchev–Trinajstić information content (AvgIpc) is 2.69. The van der Waals surface area contributed by atoms with Crippen molar-refractivity contribution in [3.8, 4) is 11.3 Å². The maximum atomic E-state index is 6.19. The fourth-order valence-electron chi connectivity index (χ4n) is 2.82. The SMILES string of the molecule is NC(=Nc1cc(-c2ccccc2)nc2ccccc12)c1ncccc1N. The Bertz CT molecular complexity index is 1100. The van der Waals surface area contributed by atoms with Gasteiger partial charge in [0.15, 0.2) is 5.84 Å². The first kappa shape index (κ1) is 15.8. The van der Waals surface area contributed by atoms with Crippen LogP contribution in [-0.4, -0.2) is 15.8 Å². The molecule has 2 heterocycles. The highest BCUT2D eigenvalue weighted by atomic mass is 14.9. The summed E-state index contributed by atoms with van der Waals surface area (Å²) in [5.41, 5.74) is 16.6. The molecular weight excluding hydrogens is 322 g/mol. The molecule has 0 fully saturated rings. The van der Waals surface area contributed by atoms with Gasteiger partial charge in [-0.25, -0.2) is 9.98 Å². The number of fused-ring (bicyclic) bond motifs is 1. The van der Waals surface area contributed by atoms with Crippen LogP contribution in [0.4, 0.5) is 11.4 Å². The fraction of sp³-hybridized carbons (Fsp3) is 0. The highest BCUT2D eigenvalue weighted by Crippen LogP contribution is 2.30. The van der Waals surface area contributed by atoms with Gasteiger partial charge in [-0.05, 0) is 24.3 Å². The Morgan fingerprint density at radius 2 is 1.65 bits per heavy atom. The van der Waals surface area contributed by atoms with E-state index in [2.05, 4.69) is 9.98 Å². The van der Waals surface area contributed by atoms with Crippen LogP contribution in [-0.2, 0) is 0 Å². The Balaban J connectivity index is 1.91. The molecule has 0 aliphatic heterocycles. The van der Waals surface area contributed by atoms with Crippen LogP contribution in [0.25, 0.3) is 22.2 Å². The van der Waals surface area contributed by atoms with E-state index in [4.69, 9.17) is 16.5 Å². The van der Waals surface area contributed by atoms with Crippen LogP contribution in [0.2, 0.25) is 0 Å². The molecule has 0 spiro atoms. The van der Waals surface area contributed by atoms with E-state index in [1.807, 2.05) is 60.7 Å². The summed E-state index contributed by atoms with van der Waals surface area (Å²) in [5.74, 6) is 0.276. The molecule has 0 amide bonds. The number of aliphatic imine (C=N–C) groups is 1. The summed E-state index contributed by atoms with van der Waals surface area (Å²) in [7, 11) is 0. The largest absolute Gasteiger partial charge is 0.397 e. The maximum Gasteiger partial charge on any atom is 0.152 e. The van der Waals surface area contributed by atoms with E-state index in [0.717, 1.165) is 27.8 Å². The highest BCUT2D eigenvalue weighted by Gasteiger charge is 2.10. The van der Waals surface area contributed by atoms with E-state index in [1.54, 1.807) is 18.3 Å². The molecule has 0 unspecified atom stereocenters. The Hall–Kier alpha value is -3.73. The second-order valence-electron chi connectivity index (χ2n) is 5.85. The number of hydrogen-bond acceptors (Lipinski definition) is 4. The molecule has 4 aromatic rings. The lowest BCUT2D eigenvalue weighted by atomic mass is 10.1. The van der Waals surface area contributed by atoms with Gasteiger partial charge in [0.25, 0.3) is 0 Å². The third-order valence-corrected chi connectivity index (χ3v) is 4.09. The van der Waals surface area contributed by atoms with Crippen LogP contribution < -0.4 is 11.5 Å². The van der Waals surface area contributed by atoms with Gasteiger partial charge in [0, 0.05) is 17.1 Å². The molecule has 2 aromatic carbocycles. The van der Waals surface area contributed by atoms with E-state index in [1.165, 1.54) is 0 Å². The molecule has 0 bridgehead atoms. The van der Waals surface area contributed by atoms with Crippen LogP contribution in [0.15, 0.2) is 84.0 Å². The molecule has 0 radical (unpaired) electrons. The summed E-state index contributed by atoms with van der Waals surface area (Å²) in [6.07, 6.45) is 1.65. The lowest BCUT2D eigenvalue weighted by molar-refractivity contribution is 1.27. The summed E-state index contributed by atoms with van der Waals surface area (Å²) in [6, 6.07) is 23.3. The molecule has 2 aromatic heterocycles. The molecule has 0 atom stereocenters. The standard InChI is InChI=1S/C21H17N5/c22-16-10-6-12-24-20(16)21(23)26-19-13-18(14-7-2-1-3-8-14)25-17-11-5-4-9-15(17)19/h1-13H,22H2,(H2,23,25,26). The van der Waals surface area contributed by atoms with Gasteiger partial charge in [-0.1, -0.05) is 48.5 Å². The number of amidine groups is 1. The second-order valence-corrected chi connectivity index (χ2v) is 5.85. The van der Waals surface area contributed by atoms with Gasteiger partial charge in [0.1, 0.15) is 5.69 Å². The minimum absolute atomic E-state index is 0.276. The number of para-hydroxylation sites is 1. The number of pyridine rings is 2. The quantitative estimate of drug-likeness (QED) is 0.437. The molecule has 4 N–H and O–H groups in total. The van der Waals surface area contributed by atoms with Crippen LogP contribution >= 0.6 is 0 Å². The minimum Gasteiger partial charge on any atom is -0.397 e. The molecule has 5 heteroatoms. The summed E-state index contributed by atoms with van der Waals surface area (Å²) < 4.78 is 0. The monoisotopic (exact) mass is 339 g/mol. The number of aromatic nitrogens is 2. The topological polar surface area (TPSA) is 90.2 Å². The van der Waals surface area contributed by atoms with Crippen molar-refractivity contribution in [3.05, 3.63) is 84.7 Å². The Morgan fingerprint density at radius 1 is 0.885 bits per heavy atom. The van der Waals surface area contributed by atoms with Crippen molar-refractivity contribution in [2.75, 3.05) is 5.73 Å². The average molecular weight is 339 g/mol. The Morgan fingerprint density at radius 3 is 2.46 bits per heavy atom. The molecule has 26 heavy (non-hydrogen) atoms. The van der Waals surface area contributed by atoms with Gasteiger partial charge >= 0.3 is 0 Å². The second kappa shape index (κ2) is 6.64. The van der Waals surface area contributed by atoms with Crippen LogP contribution in [0.1, 0.15) is 5.69 Å². The number of nitrogen functional groups attached to an aromatic ring is 1. The Labute approximate surface area is 151 Å². The van der Waals surface area contributed by atoms with Gasteiger partial charge in [0.05, 0.1) is 22.6 Å². The van der Waals surface area contributed by atoms with E-state index >= 15 is 0 Å². The van der Waals surface area contributed by atoms with Crippen LogP contribution in [0.5, 0.6) is 0 Å². The normalized spacial score (nSPS) is 11.6. The third-order valence-electron chi connectivity index (χ3n) is 4.09. The van der Waals surface area contributed by atoms with Crippen molar-refractivity contribution in [1.29, 1.82) is 0 Å². The minimum atomic E-state index is 0.276. The first-order valence-electron chi connectivity index (χ1n) is 8.22. The number of benzene rings is 2. The van der Waals surface area contributed by atoms with Crippen LogP contribution in [0.3, 0.4) is 0 Å². The van der Waals surface area contributed by atoms with Gasteiger partial charge in [0.2, 0.25) is 0 Å². The summed E-state index contributed by atoms with van der Waals surface area (Å²) in [6.45, 7) is 0. The van der Waals surface area contributed by atoms with Crippen molar-refractivity contribution in [2.45, 2.75) is 0 Å². The Kier molecular flexibility index (Phi) is 4.03. The lowest BCUT2D eigenvalue weighted by Gasteiger charge is -2.08. The number of anilines is 1. The molecular formula is C21H17N5. The summed E-state index contributed by atoms with van der Waals surface area (Å²) >= 11 is 0. The zero-order chi connectivity index (χ0) is 17.9. The van der Waals surface area contributed by atoms with Gasteiger partial charge in [-0.2, -0.15) is 0 Å². The summed E-state index contributed by atoms with van der Waals surface area (Å²) in [5, 5.41) is 0.921. The smallest absolute Gasteiger partial charge is 0.152 e. The lowest BCUT2D eigenvalue weighted by Crippen LogP contribution is -2.16. The number of rotatable bonds is 3. The first-order valence-corrected chi connectivity index (χ1v) is 8.22. The molecule has 0 saturated carbocycles. The van der Waals surface area contributed by atoms with Gasteiger partial charge < -0.3 is 11.5 Å².